The molecule has 12 rings (SSSR count). The number of aromatic nitrogens is 4. The van der Waals surface area contributed by atoms with E-state index in [2.05, 4.69) is 120 Å². The van der Waals surface area contributed by atoms with Crippen molar-refractivity contribution in [2.75, 3.05) is 0 Å². The molecule has 0 unspecified atom stereocenters. The van der Waals surface area contributed by atoms with Gasteiger partial charge < -0.3 is 13.4 Å². The summed E-state index contributed by atoms with van der Waals surface area (Å²) in [6, 6.07) is 62.7. The van der Waals surface area contributed by atoms with Crippen LogP contribution in [0.5, 0.6) is 0 Å². The van der Waals surface area contributed by atoms with Gasteiger partial charge in [-0.2, -0.15) is 0 Å². The Kier molecular flexibility index (Phi) is 6.83. The molecule has 0 saturated heterocycles. The van der Waals surface area contributed by atoms with E-state index in [0.717, 1.165) is 93.6 Å². The van der Waals surface area contributed by atoms with Gasteiger partial charge in [-0.25, -0.2) is 15.0 Å². The SMILES string of the molecule is c1ccc(-c2ccc3c(c2)oc2cc(-n4c5ccccc5c5cc(-c6nc(-c7ccccc7)nc(-c7cccc8oc9ccccc9c78)n6)ccc54)ccc23)cc1. The Morgan fingerprint density at radius 2 is 0.947 bits per heavy atom. The van der Waals surface area contributed by atoms with Crippen LogP contribution >= 0.6 is 0 Å². The average Bonchev–Trinajstić information content (AvgIpc) is 3.95. The van der Waals surface area contributed by atoms with Crippen LogP contribution in [-0.2, 0) is 0 Å². The van der Waals surface area contributed by atoms with Gasteiger partial charge in [0.1, 0.15) is 22.3 Å². The van der Waals surface area contributed by atoms with Crippen molar-refractivity contribution < 1.29 is 8.83 Å². The zero-order chi connectivity index (χ0) is 37.5. The zero-order valence-corrected chi connectivity index (χ0v) is 30.4. The van der Waals surface area contributed by atoms with Crippen LogP contribution in [0.15, 0.2) is 191 Å². The monoisotopic (exact) mass is 730 g/mol. The second kappa shape index (κ2) is 12.3. The molecule has 0 bridgehead atoms. The summed E-state index contributed by atoms with van der Waals surface area (Å²) < 4.78 is 15.1. The highest BCUT2D eigenvalue weighted by atomic mass is 16.3. The fourth-order valence-corrected chi connectivity index (χ4v) is 8.41. The Bertz CT molecular complexity index is 3530. The van der Waals surface area contributed by atoms with E-state index in [9.17, 15) is 0 Å². The molecule has 6 nitrogen and oxygen atoms in total. The van der Waals surface area contributed by atoms with Gasteiger partial charge in [-0.3, -0.25) is 0 Å². The molecule has 8 aromatic carbocycles. The van der Waals surface area contributed by atoms with Gasteiger partial charge in [-0.1, -0.05) is 115 Å². The summed E-state index contributed by atoms with van der Waals surface area (Å²) in [4.78, 5) is 15.4. The molecule has 266 valence electrons. The third-order valence-corrected chi connectivity index (χ3v) is 11.1. The highest BCUT2D eigenvalue weighted by Gasteiger charge is 2.20. The lowest BCUT2D eigenvalue weighted by molar-refractivity contribution is 0.668. The molecule has 0 aliphatic carbocycles. The van der Waals surface area contributed by atoms with Gasteiger partial charge in [-0.15, -0.1) is 0 Å². The van der Waals surface area contributed by atoms with Crippen LogP contribution < -0.4 is 0 Å². The Morgan fingerprint density at radius 1 is 0.333 bits per heavy atom. The average molecular weight is 731 g/mol. The normalized spacial score (nSPS) is 11.9. The molecule has 0 radical (unpaired) electrons. The molecule has 4 heterocycles. The minimum Gasteiger partial charge on any atom is -0.456 e. The zero-order valence-electron chi connectivity index (χ0n) is 30.4. The van der Waals surface area contributed by atoms with Crippen molar-refractivity contribution in [3.05, 3.63) is 182 Å². The van der Waals surface area contributed by atoms with E-state index >= 15 is 0 Å². The number of hydrogen-bond donors (Lipinski definition) is 0. The largest absolute Gasteiger partial charge is 0.456 e. The molecule has 0 aliphatic rings. The van der Waals surface area contributed by atoms with Crippen molar-refractivity contribution in [1.82, 2.24) is 19.5 Å². The molecule has 0 atom stereocenters. The summed E-state index contributed by atoms with van der Waals surface area (Å²) in [5, 5.41) is 6.45. The predicted octanol–water partition coefficient (Wildman–Crippen LogP) is 13.4. The van der Waals surface area contributed by atoms with Gasteiger partial charge >= 0.3 is 0 Å². The molecule has 4 aromatic heterocycles. The van der Waals surface area contributed by atoms with Gasteiger partial charge in [0.05, 0.1) is 11.0 Å². The number of hydrogen-bond acceptors (Lipinski definition) is 5. The summed E-state index contributed by atoms with van der Waals surface area (Å²) in [5.41, 5.74) is 11.6. The third kappa shape index (κ3) is 5.01. The maximum atomic E-state index is 6.55. The maximum absolute atomic E-state index is 6.55. The van der Waals surface area contributed by atoms with Crippen LogP contribution in [0.25, 0.3) is 117 Å². The molecule has 6 heteroatoms. The highest BCUT2D eigenvalue weighted by Crippen LogP contribution is 2.39. The molecular weight excluding hydrogens is 701 g/mol. The first-order valence-electron chi connectivity index (χ1n) is 19.0. The second-order valence-electron chi connectivity index (χ2n) is 14.4. The van der Waals surface area contributed by atoms with E-state index in [1.807, 2.05) is 66.7 Å². The van der Waals surface area contributed by atoms with Gasteiger partial charge in [0.25, 0.3) is 0 Å². The van der Waals surface area contributed by atoms with Crippen LogP contribution in [0.1, 0.15) is 0 Å². The smallest absolute Gasteiger partial charge is 0.164 e. The number of furan rings is 2. The topological polar surface area (TPSA) is 69.9 Å². The van der Waals surface area contributed by atoms with E-state index < -0.39 is 0 Å². The summed E-state index contributed by atoms with van der Waals surface area (Å²) in [6.45, 7) is 0. The Balaban J connectivity index is 1.03. The van der Waals surface area contributed by atoms with Crippen molar-refractivity contribution in [2.45, 2.75) is 0 Å². The van der Waals surface area contributed by atoms with Crippen LogP contribution in [0.4, 0.5) is 0 Å². The predicted molar refractivity (Wildman–Crippen MR) is 230 cm³/mol. The van der Waals surface area contributed by atoms with E-state index in [1.165, 1.54) is 5.56 Å². The summed E-state index contributed by atoms with van der Waals surface area (Å²) >= 11 is 0. The van der Waals surface area contributed by atoms with Crippen molar-refractivity contribution in [1.29, 1.82) is 0 Å². The first kappa shape index (κ1) is 31.5. The quantitative estimate of drug-likeness (QED) is 0.176. The fraction of sp³-hybridized carbons (Fsp3) is 0. The number of benzene rings is 8. The maximum Gasteiger partial charge on any atom is 0.164 e. The Labute approximate surface area is 325 Å². The van der Waals surface area contributed by atoms with Crippen LogP contribution in [0.3, 0.4) is 0 Å². The van der Waals surface area contributed by atoms with Gasteiger partial charge in [0.2, 0.25) is 0 Å². The highest BCUT2D eigenvalue weighted by molar-refractivity contribution is 6.13. The Morgan fingerprint density at radius 3 is 1.79 bits per heavy atom. The lowest BCUT2D eigenvalue weighted by Gasteiger charge is -2.10. The van der Waals surface area contributed by atoms with E-state index in [4.69, 9.17) is 23.8 Å². The summed E-state index contributed by atoms with van der Waals surface area (Å²) in [6.07, 6.45) is 0. The van der Waals surface area contributed by atoms with Crippen LogP contribution in [-0.4, -0.2) is 19.5 Å². The number of fused-ring (bicyclic) bond motifs is 9. The second-order valence-corrected chi connectivity index (χ2v) is 14.4. The lowest BCUT2D eigenvalue weighted by Crippen LogP contribution is -2.00. The fourth-order valence-electron chi connectivity index (χ4n) is 8.41. The standard InChI is InChI=1S/C51H30N4O2/c1-3-12-31(13-4-1)33-22-25-37-38-26-24-35(30-47(38)57-46(37)29-33)55-42-19-9-7-16-36(42)41-28-34(23-27-43(41)55)50-52-49(32-14-5-2-6-15-32)53-51(54-50)40-18-11-21-45-48(40)39-17-8-10-20-44(39)56-45/h1-30H. The molecule has 0 spiro atoms. The Hall–Kier alpha value is -7.83. The molecular formula is C51H30N4O2. The van der Waals surface area contributed by atoms with Crippen molar-refractivity contribution in [2.24, 2.45) is 0 Å². The van der Waals surface area contributed by atoms with E-state index in [1.54, 1.807) is 0 Å². The third-order valence-electron chi connectivity index (χ3n) is 11.1. The minimum atomic E-state index is 0.591. The van der Waals surface area contributed by atoms with Crippen molar-refractivity contribution >= 4 is 65.7 Å². The van der Waals surface area contributed by atoms with Gasteiger partial charge in [-0.05, 0) is 71.8 Å². The van der Waals surface area contributed by atoms with E-state index in [-0.39, 0.29) is 0 Å². The number of rotatable bonds is 5. The van der Waals surface area contributed by atoms with Crippen molar-refractivity contribution in [3.8, 4) is 51.0 Å². The van der Waals surface area contributed by atoms with E-state index in [0.29, 0.717) is 17.5 Å². The first-order valence-corrected chi connectivity index (χ1v) is 19.0. The summed E-state index contributed by atoms with van der Waals surface area (Å²) in [5.74, 6) is 1.80. The molecule has 57 heavy (non-hydrogen) atoms. The molecule has 0 saturated carbocycles. The molecule has 0 amide bonds. The molecule has 0 aliphatic heterocycles. The van der Waals surface area contributed by atoms with Crippen LogP contribution in [0.2, 0.25) is 0 Å². The molecule has 12 aromatic rings. The van der Waals surface area contributed by atoms with Gasteiger partial charge in [0, 0.05) is 60.8 Å². The van der Waals surface area contributed by atoms with Crippen molar-refractivity contribution in [3.63, 3.8) is 0 Å². The number of para-hydroxylation sites is 2. The lowest BCUT2D eigenvalue weighted by atomic mass is 10.0. The summed E-state index contributed by atoms with van der Waals surface area (Å²) in [7, 11) is 0. The molecule has 0 fully saturated rings. The minimum absolute atomic E-state index is 0.591. The first-order chi connectivity index (χ1) is 28.2. The number of nitrogens with zero attached hydrogens (tertiary/aromatic N) is 4. The molecule has 0 N–H and O–H groups in total. The van der Waals surface area contributed by atoms with Gasteiger partial charge in [0.15, 0.2) is 17.5 Å². The van der Waals surface area contributed by atoms with Crippen LogP contribution in [0, 0.1) is 0 Å².